The largest absolute Gasteiger partial charge is 0.459 e. The molecule has 1 radical (unpaired) electrons. The van der Waals surface area contributed by atoms with Gasteiger partial charge in [0.05, 0.1) is 0 Å². The molecule has 0 aromatic rings. The molecule has 2 fully saturated rings. The molecule has 2 rings (SSSR count). The maximum Gasteiger partial charge on any atom is 0.0115 e. The summed E-state index contributed by atoms with van der Waals surface area (Å²) in [4.78, 5) is 4.86. The molecule has 3 heteroatoms. The molecule has 0 bridgehead atoms. The third-order valence-electron chi connectivity index (χ3n) is 5.27. The molecular formula is C16H31N2Y-. The molecule has 19 heavy (non-hydrogen) atoms. The number of hydrogen-bond donors (Lipinski definition) is 0. The van der Waals surface area contributed by atoms with E-state index in [9.17, 15) is 0 Å². The van der Waals surface area contributed by atoms with E-state index >= 15 is 0 Å². The van der Waals surface area contributed by atoms with Crippen molar-refractivity contribution in [2.75, 3.05) is 26.7 Å². The van der Waals surface area contributed by atoms with E-state index in [0.717, 1.165) is 17.9 Å². The zero-order chi connectivity index (χ0) is 13.0. The summed E-state index contributed by atoms with van der Waals surface area (Å²) < 4.78 is 0. The van der Waals surface area contributed by atoms with Gasteiger partial charge in [0.25, 0.3) is 0 Å². The maximum atomic E-state index is 4.04. The molecule has 1 saturated heterocycles. The van der Waals surface area contributed by atoms with Gasteiger partial charge in [-0.15, -0.1) is 0 Å². The molecule has 1 heterocycles. The summed E-state index contributed by atoms with van der Waals surface area (Å²) in [6, 6.07) is 0.812. The van der Waals surface area contributed by atoms with Crippen LogP contribution < -0.4 is 0 Å². The minimum absolute atomic E-state index is 0. The number of rotatable bonds is 4. The Kier molecular flexibility index (Phi) is 8.68. The fourth-order valence-corrected chi connectivity index (χ4v) is 3.74. The number of hydrogen-bond acceptors (Lipinski definition) is 2. The molecule has 0 aromatic carbocycles. The van der Waals surface area contributed by atoms with Gasteiger partial charge in [0.15, 0.2) is 0 Å². The first-order valence-electron chi connectivity index (χ1n) is 7.94. The van der Waals surface area contributed by atoms with E-state index in [0.29, 0.717) is 0 Å². The molecule has 0 atom stereocenters. The van der Waals surface area contributed by atoms with Crippen LogP contribution in [0.5, 0.6) is 0 Å². The van der Waals surface area contributed by atoms with E-state index in [1.165, 1.54) is 64.6 Å². The van der Waals surface area contributed by atoms with Crippen molar-refractivity contribution in [2.45, 2.75) is 57.9 Å². The average molecular weight is 340 g/mol. The topological polar surface area (TPSA) is 6.48 Å². The van der Waals surface area contributed by atoms with Crippen molar-refractivity contribution in [3.63, 3.8) is 0 Å². The summed E-state index contributed by atoms with van der Waals surface area (Å²) >= 11 is 0. The molecular weight excluding hydrogens is 309 g/mol. The molecule has 0 spiro atoms. The second-order valence-corrected chi connectivity index (χ2v) is 6.58. The van der Waals surface area contributed by atoms with Gasteiger partial charge < -0.3 is 9.80 Å². The number of nitrogens with zero attached hydrogens (tertiary/aromatic N) is 2. The first-order valence-corrected chi connectivity index (χ1v) is 7.94. The maximum absolute atomic E-state index is 4.04. The molecule has 1 saturated carbocycles. The van der Waals surface area contributed by atoms with Crippen LogP contribution in [0.1, 0.15) is 51.9 Å². The molecule has 0 amide bonds. The molecule has 1 aliphatic heterocycles. The zero-order valence-corrected chi connectivity index (χ0v) is 15.8. The van der Waals surface area contributed by atoms with Crippen molar-refractivity contribution in [1.82, 2.24) is 9.80 Å². The van der Waals surface area contributed by atoms with Gasteiger partial charge in [-0.3, -0.25) is 7.05 Å². The molecule has 1 aliphatic carbocycles. The normalized spacial score (nSPS) is 30.3. The molecule has 2 aliphatic rings. The van der Waals surface area contributed by atoms with Crippen molar-refractivity contribution < 1.29 is 32.7 Å². The number of piperidine rings is 1. The van der Waals surface area contributed by atoms with E-state index < -0.39 is 0 Å². The van der Waals surface area contributed by atoms with Crippen LogP contribution >= 0.6 is 0 Å². The van der Waals surface area contributed by atoms with Crippen LogP contribution in [0.2, 0.25) is 0 Å². The summed E-state index contributed by atoms with van der Waals surface area (Å²) in [7, 11) is 6.38. The second kappa shape index (κ2) is 9.13. The van der Waals surface area contributed by atoms with E-state index in [1.54, 1.807) is 0 Å². The molecule has 0 unspecified atom stereocenters. The Morgan fingerprint density at radius 3 is 2.05 bits per heavy atom. The van der Waals surface area contributed by atoms with Gasteiger partial charge in [-0.2, -0.15) is 0 Å². The zero-order valence-electron chi connectivity index (χ0n) is 13.0. The predicted molar refractivity (Wildman–Crippen MR) is 78.3 cm³/mol. The summed E-state index contributed by atoms with van der Waals surface area (Å²) in [5.74, 6) is 2.00. The molecule has 0 aromatic heterocycles. The van der Waals surface area contributed by atoms with Crippen molar-refractivity contribution in [1.29, 1.82) is 0 Å². The summed E-state index contributed by atoms with van der Waals surface area (Å²) in [6.45, 7) is 6.04. The third-order valence-corrected chi connectivity index (χ3v) is 5.27. The van der Waals surface area contributed by atoms with Crippen LogP contribution in [0.15, 0.2) is 0 Å². The van der Waals surface area contributed by atoms with Gasteiger partial charge >= 0.3 is 0 Å². The molecule has 109 valence electrons. The third kappa shape index (κ3) is 5.73. The standard InChI is InChI=1S/C16H31N2.Y/c1-4-14-5-7-15(8-6-14)13-18(3)16-9-11-17(2)12-10-16;/h14-16H,2,4-13H2,1,3H3;/q-1;. The fourth-order valence-electron chi connectivity index (χ4n) is 3.74. The Morgan fingerprint density at radius 2 is 1.53 bits per heavy atom. The monoisotopic (exact) mass is 340 g/mol. The summed E-state index contributed by atoms with van der Waals surface area (Å²) in [6.07, 6.45) is 9.91. The van der Waals surface area contributed by atoms with E-state index in [1.807, 2.05) is 0 Å². The molecule has 0 N–H and O–H groups in total. The van der Waals surface area contributed by atoms with Gasteiger partial charge in [-0.05, 0) is 57.7 Å². The van der Waals surface area contributed by atoms with Gasteiger partial charge in [0, 0.05) is 45.3 Å². The second-order valence-electron chi connectivity index (χ2n) is 6.58. The Morgan fingerprint density at radius 1 is 1.00 bits per heavy atom. The van der Waals surface area contributed by atoms with Crippen molar-refractivity contribution in [2.24, 2.45) is 11.8 Å². The Hall–Kier alpha value is 1.02. The van der Waals surface area contributed by atoms with E-state index in [-0.39, 0.29) is 32.7 Å². The average Bonchev–Trinajstić information content (AvgIpc) is 2.40. The summed E-state index contributed by atoms with van der Waals surface area (Å²) in [5, 5.41) is 0. The van der Waals surface area contributed by atoms with Crippen LogP contribution in [0.25, 0.3) is 0 Å². The van der Waals surface area contributed by atoms with Crippen LogP contribution in [-0.4, -0.2) is 42.5 Å². The van der Waals surface area contributed by atoms with E-state index in [2.05, 4.69) is 30.8 Å². The SMILES string of the molecule is [CH2-]N1CCC(N(C)CC2CCC(CC)CC2)CC1.[Y]. The number of likely N-dealkylation sites (tertiary alicyclic amines) is 1. The predicted octanol–water partition coefficient (Wildman–Crippen LogP) is 3.39. The van der Waals surface area contributed by atoms with Gasteiger partial charge in [0.2, 0.25) is 0 Å². The minimum Gasteiger partial charge on any atom is -0.459 e. The Labute approximate surface area is 145 Å². The quantitative estimate of drug-likeness (QED) is 0.724. The minimum atomic E-state index is 0. The summed E-state index contributed by atoms with van der Waals surface area (Å²) in [5.41, 5.74) is 0. The fraction of sp³-hybridized carbons (Fsp3) is 0.938. The van der Waals surface area contributed by atoms with Crippen LogP contribution in [0, 0.1) is 18.9 Å². The van der Waals surface area contributed by atoms with Gasteiger partial charge in [-0.25, -0.2) is 0 Å². The first kappa shape index (κ1) is 18.1. The van der Waals surface area contributed by atoms with Crippen LogP contribution in [0.3, 0.4) is 0 Å². The van der Waals surface area contributed by atoms with Crippen LogP contribution in [0.4, 0.5) is 0 Å². The smallest absolute Gasteiger partial charge is 0.0115 e. The van der Waals surface area contributed by atoms with Crippen LogP contribution in [-0.2, 0) is 32.7 Å². The molecule has 2 nitrogen and oxygen atoms in total. The van der Waals surface area contributed by atoms with Crippen molar-refractivity contribution >= 4 is 0 Å². The van der Waals surface area contributed by atoms with Gasteiger partial charge in [0.1, 0.15) is 0 Å². The van der Waals surface area contributed by atoms with E-state index in [4.69, 9.17) is 0 Å². The Balaban J connectivity index is 0.00000180. The van der Waals surface area contributed by atoms with Crippen molar-refractivity contribution in [3.8, 4) is 0 Å². The van der Waals surface area contributed by atoms with Gasteiger partial charge in [-0.1, -0.05) is 26.2 Å². The first-order chi connectivity index (χ1) is 8.69. The Bertz CT molecular complexity index is 231. The van der Waals surface area contributed by atoms with Crippen molar-refractivity contribution in [3.05, 3.63) is 7.05 Å².